The number of amides is 3. The van der Waals surface area contributed by atoms with Gasteiger partial charge in [-0.1, -0.05) is 24.3 Å². The summed E-state index contributed by atoms with van der Waals surface area (Å²) >= 11 is 1.68. The van der Waals surface area contributed by atoms with Crippen LogP contribution in [0.15, 0.2) is 65.6 Å². The molecule has 6 nitrogen and oxygen atoms in total. The average Bonchev–Trinajstić information content (AvgIpc) is 3.33. The second-order valence-corrected chi connectivity index (χ2v) is 10.1. The van der Waals surface area contributed by atoms with Crippen molar-refractivity contribution in [2.75, 3.05) is 24.7 Å². The number of rotatable bonds is 4. The summed E-state index contributed by atoms with van der Waals surface area (Å²) in [7, 11) is 0. The SMILES string of the molecule is CSc1ccc(NC(=O)N2CCC(c3nc(C)ccc3C(=O)N3Cc4ccccc4C3)CC2)cc1. The van der Waals surface area contributed by atoms with E-state index in [4.69, 9.17) is 4.98 Å². The minimum Gasteiger partial charge on any atom is -0.330 e. The van der Waals surface area contributed by atoms with Crippen molar-refractivity contribution < 1.29 is 9.59 Å². The normalized spacial score (nSPS) is 15.7. The lowest BCUT2D eigenvalue weighted by molar-refractivity contribution is 0.0748. The highest BCUT2D eigenvalue weighted by atomic mass is 32.2. The van der Waals surface area contributed by atoms with Crippen molar-refractivity contribution in [1.82, 2.24) is 14.8 Å². The summed E-state index contributed by atoms with van der Waals surface area (Å²) in [5, 5.41) is 3.00. The van der Waals surface area contributed by atoms with Crippen LogP contribution >= 0.6 is 11.8 Å². The first-order valence-electron chi connectivity index (χ1n) is 12.1. The van der Waals surface area contributed by atoms with Gasteiger partial charge in [0.1, 0.15) is 0 Å². The Kier molecular flexibility index (Phi) is 6.77. The molecule has 3 heterocycles. The van der Waals surface area contributed by atoms with Gasteiger partial charge in [0.25, 0.3) is 5.91 Å². The van der Waals surface area contributed by atoms with Crippen LogP contribution in [0.2, 0.25) is 0 Å². The zero-order valence-electron chi connectivity index (χ0n) is 20.2. The van der Waals surface area contributed by atoms with E-state index in [0.29, 0.717) is 31.7 Å². The minimum absolute atomic E-state index is 0.0394. The van der Waals surface area contributed by atoms with Crippen LogP contribution in [-0.2, 0) is 13.1 Å². The second kappa shape index (κ2) is 10.1. The molecule has 0 radical (unpaired) electrons. The largest absolute Gasteiger partial charge is 0.330 e. The van der Waals surface area contributed by atoms with E-state index in [2.05, 4.69) is 17.4 Å². The van der Waals surface area contributed by atoms with E-state index in [0.717, 1.165) is 34.8 Å². The van der Waals surface area contributed by atoms with Crippen molar-refractivity contribution in [3.63, 3.8) is 0 Å². The Bertz CT molecular complexity index is 1210. The monoisotopic (exact) mass is 486 g/mol. The highest BCUT2D eigenvalue weighted by Crippen LogP contribution is 2.32. The lowest BCUT2D eigenvalue weighted by Gasteiger charge is -2.32. The maximum atomic E-state index is 13.5. The molecule has 1 aromatic heterocycles. The number of nitrogens with zero attached hydrogens (tertiary/aromatic N) is 3. The number of hydrogen-bond donors (Lipinski definition) is 1. The zero-order valence-corrected chi connectivity index (χ0v) is 21.0. The Balaban J connectivity index is 1.25. The van der Waals surface area contributed by atoms with Gasteiger partial charge in [-0.2, -0.15) is 0 Å². The molecule has 3 amide bonds. The molecule has 5 rings (SSSR count). The number of benzene rings is 2. The molecule has 35 heavy (non-hydrogen) atoms. The van der Waals surface area contributed by atoms with Crippen molar-refractivity contribution in [2.45, 2.75) is 43.7 Å². The lowest BCUT2D eigenvalue weighted by Crippen LogP contribution is -2.41. The summed E-state index contributed by atoms with van der Waals surface area (Å²) in [5.41, 5.74) is 5.71. The number of fused-ring (bicyclic) bond motifs is 1. The Morgan fingerprint density at radius 2 is 1.57 bits per heavy atom. The molecule has 2 aliphatic heterocycles. The topological polar surface area (TPSA) is 65.5 Å². The number of likely N-dealkylation sites (tertiary alicyclic amines) is 1. The lowest BCUT2D eigenvalue weighted by atomic mass is 9.89. The maximum absolute atomic E-state index is 13.5. The van der Waals surface area contributed by atoms with Crippen LogP contribution in [0.3, 0.4) is 0 Å². The van der Waals surface area contributed by atoms with Gasteiger partial charge < -0.3 is 15.1 Å². The van der Waals surface area contributed by atoms with Crippen LogP contribution in [-0.4, -0.2) is 46.1 Å². The van der Waals surface area contributed by atoms with Gasteiger partial charge in [-0.15, -0.1) is 11.8 Å². The van der Waals surface area contributed by atoms with E-state index < -0.39 is 0 Å². The van der Waals surface area contributed by atoms with Gasteiger partial charge in [0.05, 0.1) is 11.3 Å². The van der Waals surface area contributed by atoms with E-state index in [1.165, 1.54) is 11.1 Å². The summed E-state index contributed by atoms with van der Waals surface area (Å²) in [6.45, 7) is 4.52. The van der Waals surface area contributed by atoms with Crippen LogP contribution < -0.4 is 5.32 Å². The molecule has 2 aromatic carbocycles. The number of thioether (sulfide) groups is 1. The molecule has 0 unspecified atom stereocenters. The standard InChI is InChI=1S/C28H30N4O2S/c1-19-7-12-25(27(33)32-17-21-5-3-4-6-22(21)18-32)26(29-19)20-13-15-31(16-14-20)28(34)30-23-8-10-24(35-2)11-9-23/h3-12,20H,13-18H2,1-2H3,(H,30,34). The predicted octanol–water partition coefficient (Wildman–Crippen LogP) is 5.68. The predicted molar refractivity (Wildman–Crippen MR) is 140 cm³/mol. The fraction of sp³-hybridized carbons (Fsp3) is 0.321. The molecule has 1 N–H and O–H groups in total. The molecule has 0 bridgehead atoms. The molecule has 0 aliphatic carbocycles. The average molecular weight is 487 g/mol. The van der Waals surface area contributed by atoms with Crippen LogP contribution in [0.4, 0.5) is 10.5 Å². The van der Waals surface area contributed by atoms with Gasteiger partial charge in [0.15, 0.2) is 0 Å². The third-order valence-corrected chi connectivity index (χ3v) is 7.68. The van der Waals surface area contributed by atoms with E-state index in [9.17, 15) is 9.59 Å². The highest BCUT2D eigenvalue weighted by molar-refractivity contribution is 7.98. The van der Waals surface area contributed by atoms with Crippen molar-refractivity contribution in [3.05, 3.63) is 88.7 Å². The zero-order chi connectivity index (χ0) is 24.4. The molecule has 7 heteroatoms. The number of nitrogens with one attached hydrogen (secondary N) is 1. The van der Waals surface area contributed by atoms with Gasteiger partial charge in [0, 0.05) is 48.4 Å². The van der Waals surface area contributed by atoms with Crippen molar-refractivity contribution in [1.29, 1.82) is 0 Å². The van der Waals surface area contributed by atoms with Gasteiger partial charge >= 0.3 is 6.03 Å². The number of urea groups is 1. The first-order chi connectivity index (χ1) is 17.0. The smallest absolute Gasteiger partial charge is 0.321 e. The summed E-state index contributed by atoms with van der Waals surface area (Å²) in [6, 6.07) is 19.9. The summed E-state index contributed by atoms with van der Waals surface area (Å²) in [5.74, 6) is 0.196. The fourth-order valence-electron chi connectivity index (χ4n) is 4.95. The molecule has 180 valence electrons. The fourth-order valence-corrected chi connectivity index (χ4v) is 5.36. The molecule has 1 fully saturated rings. The van der Waals surface area contributed by atoms with Crippen molar-refractivity contribution >= 4 is 29.4 Å². The number of piperidine rings is 1. The van der Waals surface area contributed by atoms with E-state index in [1.807, 2.05) is 71.5 Å². The summed E-state index contributed by atoms with van der Waals surface area (Å²) in [4.78, 5) is 36.1. The number of hydrogen-bond acceptors (Lipinski definition) is 4. The van der Waals surface area contributed by atoms with Gasteiger partial charge in [-0.3, -0.25) is 9.78 Å². The quantitative estimate of drug-likeness (QED) is 0.482. The van der Waals surface area contributed by atoms with Crippen LogP contribution in [0.25, 0.3) is 0 Å². The Labute approximate surface area is 210 Å². The van der Waals surface area contributed by atoms with Crippen molar-refractivity contribution in [2.24, 2.45) is 0 Å². The number of pyridine rings is 1. The molecule has 1 saturated heterocycles. The van der Waals surface area contributed by atoms with Crippen LogP contribution in [0, 0.1) is 6.92 Å². The molecular weight excluding hydrogens is 456 g/mol. The molecular formula is C28H30N4O2S. The van der Waals surface area contributed by atoms with Gasteiger partial charge in [0.2, 0.25) is 0 Å². The van der Waals surface area contributed by atoms with Crippen LogP contribution in [0.5, 0.6) is 0 Å². The number of aryl methyl sites for hydroxylation is 1. The minimum atomic E-state index is -0.0799. The third-order valence-electron chi connectivity index (χ3n) is 6.93. The Hall–Kier alpha value is -3.32. The Morgan fingerprint density at radius 3 is 2.20 bits per heavy atom. The molecule has 0 spiro atoms. The maximum Gasteiger partial charge on any atom is 0.321 e. The summed E-state index contributed by atoms with van der Waals surface area (Å²) in [6.07, 6.45) is 3.61. The first kappa shape index (κ1) is 23.4. The second-order valence-electron chi connectivity index (χ2n) is 9.24. The van der Waals surface area contributed by atoms with Gasteiger partial charge in [-0.25, -0.2) is 4.79 Å². The molecule has 0 saturated carbocycles. The number of aromatic nitrogens is 1. The number of carbonyl (C=O) groups is 2. The first-order valence-corrected chi connectivity index (χ1v) is 13.3. The third kappa shape index (κ3) is 5.05. The Morgan fingerprint density at radius 1 is 0.914 bits per heavy atom. The van der Waals surface area contributed by atoms with Crippen LogP contribution in [0.1, 0.15) is 51.6 Å². The summed E-state index contributed by atoms with van der Waals surface area (Å²) < 4.78 is 0. The molecule has 2 aliphatic rings. The number of carbonyl (C=O) groups excluding carboxylic acids is 2. The van der Waals surface area contributed by atoms with Gasteiger partial charge in [-0.05, 0) is 73.5 Å². The van der Waals surface area contributed by atoms with E-state index >= 15 is 0 Å². The van der Waals surface area contributed by atoms with E-state index in [-0.39, 0.29) is 17.9 Å². The highest BCUT2D eigenvalue weighted by Gasteiger charge is 2.31. The molecule has 0 atom stereocenters. The molecule has 3 aromatic rings. The van der Waals surface area contributed by atoms with Crippen molar-refractivity contribution in [3.8, 4) is 0 Å². The van der Waals surface area contributed by atoms with E-state index in [1.54, 1.807) is 11.8 Å². The number of anilines is 1.